The molecular weight excluding hydrogens is 411 g/mol. The van der Waals surface area contributed by atoms with E-state index in [-0.39, 0.29) is 28.5 Å². The van der Waals surface area contributed by atoms with Gasteiger partial charge in [-0.05, 0) is 18.1 Å². The van der Waals surface area contributed by atoms with Gasteiger partial charge in [0.1, 0.15) is 22.9 Å². The van der Waals surface area contributed by atoms with Gasteiger partial charge in [0.05, 0.1) is 23.7 Å². The Labute approximate surface area is 169 Å². The molecule has 2 N–H and O–H groups in total. The number of nitrogens with zero attached hydrogens (tertiary/aromatic N) is 2. The number of esters is 1. The first-order chi connectivity index (χ1) is 12.9. The van der Waals surface area contributed by atoms with E-state index in [0.717, 1.165) is 16.8 Å². The number of rotatable bonds is 6. The molecule has 27 heavy (non-hydrogen) atoms. The summed E-state index contributed by atoms with van der Waals surface area (Å²) < 4.78 is 6.69. The highest BCUT2D eigenvalue weighted by molar-refractivity contribution is 7.10. The van der Waals surface area contributed by atoms with E-state index >= 15 is 0 Å². The summed E-state index contributed by atoms with van der Waals surface area (Å²) in [5.41, 5.74) is 0.262. The summed E-state index contributed by atoms with van der Waals surface area (Å²) in [6, 6.07) is 2.93. The van der Waals surface area contributed by atoms with Crippen LogP contribution in [-0.4, -0.2) is 32.8 Å². The number of hydrogen-bond donors (Lipinski definition) is 2. The molecule has 0 aliphatic heterocycles. The van der Waals surface area contributed by atoms with Crippen molar-refractivity contribution < 1.29 is 19.7 Å². The van der Waals surface area contributed by atoms with E-state index in [9.17, 15) is 15.0 Å². The van der Waals surface area contributed by atoms with Gasteiger partial charge in [-0.1, -0.05) is 23.2 Å². The van der Waals surface area contributed by atoms with Crippen molar-refractivity contribution in [1.29, 1.82) is 0 Å². The van der Waals surface area contributed by atoms with Gasteiger partial charge in [0, 0.05) is 35.1 Å². The van der Waals surface area contributed by atoms with E-state index < -0.39 is 5.97 Å². The molecule has 3 aromatic rings. The maximum absolute atomic E-state index is 12.0. The number of halogens is 2. The lowest BCUT2D eigenvalue weighted by atomic mass is 10.0. The molecule has 6 nitrogen and oxygen atoms in total. The number of aromatic hydroxyl groups is 2. The summed E-state index contributed by atoms with van der Waals surface area (Å²) in [6.45, 7) is 0.621. The Hall–Kier alpha value is -2.22. The minimum absolute atomic E-state index is 0.0105. The Morgan fingerprint density at radius 1 is 1.26 bits per heavy atom. The number of aromatic nitrogens is 2. The van der Waals surface area contributed by atoms with Crippen molar-refractivity contribution in [3.8, 4) is 11.5 Å². The molecule has 142 valence electrons. The second-order valence-electron chi connectivity index (χ2n) is 5.78. The largest absolute Gasteiger partial charge is 0.507 e. The van der Waals surface area contributed by atoms with Crippen LogP contribution in [0.15, 0.2) is 29.9 Å². The van der Waals surface area contributed by atoms with E-state index in [1.807, 2.05) is 22.2 Å². The third kappa shape index (κ3) is 4.21. The molecule has 0 saturated carbocycles. The molecule has 0 aliphatic carbocycles. The number of thiophene rings is 1. The topological polar surface area (TPSA) is 84.6 Å². The Balaban J connectivity index is 1.86. The maximum atomic E-state index is 12.0. The number of benzene rings is 1. The van der Waals surface area contributed by atoms with Crippen molar-refractivity contribution in [2.45, 2.75) is 19.4 Å². The third-order valence-electron chi connectivity index (χ3n) is 4.06. The van der Waals surface area contributed by atoms with Gasteiger partial charge >= 0.3 is 5.97 Å². The van der Waals surface area contributed by atoms with E-state index in [1.54, 1.807) is 17.5 Å². The first-order valence-corrected chi connectivity index (χ1v) is 9.58. The van der Waals surface area contributed by atoms with Crippen molar-refractivity contribution in [2.75, 3.05) is 7.11 Å². The fourth-order valence-electron chi connectivity index (χ4n) is 2.80. The lowest BCUT2D eigenvalue weighted by Gasteiger charge is -2.13. The number of hydrogen-bond acceptors (Lipinski definition) is 6. The molecule has 0 fully saturated rings. The Morgan fingerprint density at radius 2 is 2.04 bits per heavy atom. The molecule has 1 aromatic carbocycles. The number of phenols is 2. The van der Waals surface area contributed by atoms with Crippen LogP contribution in [0.5, 0.6) is 11.5 Å². The predicted octanol–water partition coefficient (Wildman–Crippen LogP) is 4.28. The molecule has 0 aliphatic rings. The summed E-state index contributed by atoms with van der Waals surface area (Å²) in [5.74, 6) is -0.626. The molecule has 3 rings (SSSR count). The van der Waals surface area contributed by atoms with Gasteiger partial charge in [0.2, 0.25) is 0 Å². The fourth-order valence-corrected chi connectivity index (χ4v) is 4.12. The summed E-state index contributed by atoms with van der Waals surface area (Å²) >= 11 is 13.7. The van der Waals surface area contributed by atoms with Gasteiger partial charge in [-0.15, -0.1) is 11.3 Å². The van der Waals surface area contributed by atoms with E-state index in [2.05, 4.69) is 4.98 Å². The molecular formula is C18H16Cl2N2O4S. The molecule has 0 unspecified atom stereocenters. The number of carbonyl (C=O) groups is 1. The lowest BCUT2D eigenvalue weighted by molar-refractivity contribution is 0.0596. The van der Waals surface area contributed by atoms with Crippen LogP contribution in [0.25, 0.3) is 0 Å². The van der Waals surface area contributed by atoms with Crippen molar-refractivity contribution in [3.05, 3.63) is 61.8 Å². The van der Waals surface area contributed by atoms with Gasteiger partial charge in [-0.25, -0.2) is 9.78 Å². The summed E-state index contributed by atoms with van der Waals surface area (Å²) in [4.78, 5) is 17.5. The SMILES string of the molecule is COC(=O)c1c(O)cc(O)c(Cl)c1CCc1nccn1Cc1cc(Cl)cs1. The summed E-state index contributed by atoms with van der Waals surface area (Å²) in [5, 5.41) is 22.5. The van der Waals surface area contributed by atoms with E-state index in [4.69, 9.17) is 27.9 Å². The Kier molecular flexibility index (Phi) is 5.94. The minimum atomic E-state index is -0.721. The standard InChI is InChI=1S/C18H16Cl2N2O4S/c1-26-18(25)16-12(17(20)14(24)7-13(16)23)2-3-15-21-4-5-22(15)8-11-6-10(19)9-27-11/h4-7,9,23-24H,2-3,8H2,1H3. The number of methoxy groups -OCH3 is 1. The highest BCUT2D eigenvalue weighted by Crippen LogP contribution is 2.37. The van der Waals surface area contributed by atoms with Crippen LogP contribution in [0.1, 0.15) is 26.6 Å². The molecule has 0 saturated heterocycles. The summed E-state index contributed by atoms with van der Waals surface area (Å²) in [7, 11) is 1.21. The zero-order valence-corrected chi connectivity index (χ0v) is 16.6. The highest BCUT2D eigenvalue weighted by Gasteiger charge is 2.23. The molecule has 0 amide bonds. The first-order valence-electron chi connectivity index (χ1n) is 7.95. The van der Waals surface area contributed by atoms with Crippen LogP contribution in [0.3, 0.4) is 0 Å². The molecule has 9 heteroatoms. The zero-order chi connectivity index (χ0) is 19.6. The van der Waals surface area contributed by atoms with E-state index in [0.29, 0.717) is 23.6 Å². The van der Waals surface area contributed by atoms with Gasteiger partial charge < -0.3 is 19.5 Å². The monoisotopic (exact) mass is 426 g/mol. The molecule has 0 bridgehead atoms. The lowest BCUT2D eigenvalue weighted by Crippen LogP contribution is -2.10. The maximum Gasteiger partial charge on any atom is 0.341 e. The smallest absolute Gasteiger partial charge is 0.341 e. The van der Waals surface area contributed by atoms with Gasteiger partial charge in [0.25, 0.3) is 0 Å². The highest BCUT2D eigenvalue weighted by atomic mass is 35.5. The third-order valence-corrected chi connectivity index (χ3v) is 5.75. The van der Waals surface area contributed by atoms with Crippen molar-refractivity contribution in [3.63, 3.8) is 0 Å². The first kappa shape index (κ1) is 19.5. The zero-order valence-electron chi connectivity index (χ0n) is 14.3. The summed E-state index contributed by atoms with van der Waals surface area (Å²) in [6.07, 6.45) is 4.27. The number of aryl methyl sites for hydroxylation is 1. The quantitative estimate of drug-likeness (QED) is 0.574. The van der Waals surface area contributed by atoms with Crippen LogP contribution in [-0.2, 0) is 24.1 Å². The molecule has 2 aromatic heterocycles. The minimum Gasteiger partial charge on any atom is -0.507 e. The number of imidazole rings is 1. The second kappa shape index (κ2) is 8.21. The van der Waals surface area contributed by atoms with Crippen molar-refractivity contribution in [1.82, 2.24) is 9.55 Å². The van der Waals surface area contributed by atoms with E-state index in [1.165, 1.54) is 7.11 Å². The average molecular weight is 427 g/mol. The number of phenolic OH excluding ortho intramolecular Hbond substituents is 2. The molecule has 0 spiro atoms. The van der Waals surface area contributed by atoms with Crippen LogP contribution < -0.4 is 0 Å². The average Bonchev–Trinajstić information content (AvgIpc) is 3.25. The van der Waals surface area contributed by atoms with Crippen LogP contribution >= 0.6 is 34.5 Å². The normalized spacial score (nSPS) is 10.9. The Bertz CT molecular complexity index is 984. The number of ether oxygens (including phenoxy) is 1. The van der Waals surface area contributed by atoms with Gasteiger partial charge in [0.15, 0.2) is 0 Å². The van der Waals surface area contributed by atoms with Crippen molar-refractivity contribution >= 4 is 40.5 Å². The van der Waals surface area contributed by atoms with Crippen LogP contribution in [0.4, 0.5) is 0 Å². The number of carbonyl (C=O) groups excluding carboxylic acids is 1. The van der Waals surface area contributed by atoms with Crippen LogP contribution in [0.2, 0.25) is 10.0 Å². The molecule has 0 radical (unpaired) electrons. The van der Waals surface area contributed by atoms with Crippen LogP contribution in [0, 0.1) is 0 Å². The van der Waals surface area contributed by atoms with Gasteiger partial charge in [-0.2, -0.15) is 0 Å². The second-order valence-corrected chi connectivity index (χ2v) is 7.59. The predicted molar refractivity (Wildman–Crippen MR) is 104 cm³/mol. The Morgan fingerprint density at radius 3 is 2.70 bits per heavy atom. The van der Waals surface area contributed by atoms with Crippen molar-refractivity contribution in [2.24, 2.45) is 0 Å². The molecule has 0 atom stereocenters. The van der Waals surface area contributed by atoms with Gasteiger partial charge in [-0.3, -0.25) is 0 Å². The fraction of sp³-hybridized carbons (Fsp3) is 0.222. The molecule has 2 heterocycles.